The van der Waals surface area contributed by atoms with E-state index in [1.165, 1.54) is 0 Å². The Morgan fingerprint density at radius 2 is 1.57 bits per heavy atom. The van der Waals surface area contributed by atoms with Crippen molar-refractivity contribution >= 4 is 27.8 Å². The summed E-state index contributed by atoms with van der Waals surface area (Å²) in [4.78, 5) is 11.8. The Hall–Kier alpha value is -2.81. The van der Waals surface area contributed by atoms with Crippen molar-refractivity contribution < 1.29 is 9.90 Å². The van der Waals surface area contributed by atoms with Gasteiger partial charge >= 0.3 is 5.97 Å². The van der Waals surface area contributed by atoms with Crippen LogP contribution in [0.2, 0.25) is 0 Å². The molecule has 2 atom stereocenters. The fraction of sp³-hybridized carbons (Fsp3) is 0.150. The molecule has 3 heteroatoms. The smallest absolute Gasteiger partial charge is 0.313 e. The second-order valence-corrected chi connectivity index (χ2v) is 6.16. The molecule has 0 saturated heterocycles. The molecule has 1 aromatic heterocycles. The van der Waals surface area contributed by atoms with Crippen LogP contribution >= 0.6 is 0 Å². The molecule has 1 aliphatic rings. The predicted molar refractivity (Wildman–Crippen MR) is 92.5 cm³/mol. The van der Waals surface area contributed by atoms with E-state index in [0.717, 1.165) is 21.8 Å². The minimum absolute atomic E-state index is 0.605. The minimum atomic E-state index is -0.810. The molecule has 1 heterocycles. The van der Waals surface area contributed by atoms with Crippen LogP contribution in [0.25, 0.3) is 21.8 Å². The molecule has 2 aromatic carbocycles. The largest absolute Gasteiger partial charge is 0.481 e. The highest BCUT2D eigenvalue weighted by atomic mass is 16.4. The van der Waals surface area contributed by atoms with Gasteiger partial charge in [-0.1, -0.05) is 60.7 Å². The van der Waals surface area contributed by atoms with Crippen molar-refractivity contribution in [3.8, 4) is 0 Å². The van der Waals surface area contributed by atoms with Gasteiger partial charge in [0.1, 0.15) is 5.92 Å². The topological polar surface area (TPSA) is 42.2 Å². The van der Waals surface area contributed by atoms with E-state index in [4.69, 9.17) is 0 Å². The summed E-state index contributed by atoms with van der Waals surface area (Å²) in [7, 11) is 0. The Kier molecular flexibility index (Phi) is 2.91. The second kappa shape index (κ2) is 4.85. The summed E-state index contributed by atoms with van der Waals surface area (Å²) >= 11 is 0. The van der Waals surface area contributed by atoms with Crippen LogP contribution in [0.5, 0.6) is 0 Å². The van der Waals surface area contributed by atoms with Crippen molar-refractivity contribution in [3.05, 3.63) is 72.8 Å². The van der Waals surface area contributed by atoms with Gasteiger partial charge in [0, 0.05) is 21.8 Å². The summed E-state index contributed by atoms with van der Waals surface area (Å²) in [6.45, 7) is 1.99. The number of hydrogen-bond donors (Lipinski definition) is 1. The maximum atomic E-state index is 11.8. The lowest BCUT2D eigenvalue weighted by Crippen LogP contribution is -2.40. The molecule has 0 saturated carbocycles. The lowest BCUT2D eigenvalue weighted by molar-refractivity contribution is -0.142. The third-order valence-electron chi connectivity index (χ3n) is 4.81. The quantitative estimate of drug-likeness (QED) is 0.765. The van der Waals surface area contributed by atoms with Crippen LogP contribution in [0, 0.1) is 5.92 Å². The van der Waals surface area contributed by atoms with Crippen molar-refractivity contribution in [3.63, 3.8) is 0 Å². The maximum absolute atomic E-state index is 11.8. The normalized spacial score (nSPS) is 23.6. The zero-order valence-corrected chi connectivity index (χ0v) is 12.8. The van der Waals surface area contributed by atoms with E-state index >= 15 is 0 Å². The summed E-state index contributed by atoms with van der Waals surface area (Å²) in [5.74, 6) is -1.42. The van der Waals surface area contributed by atoms with Crippen LogP contribution in [0.1, 0.15) is 6.92 Å². The van der Waals surface area contributed by atoms with Crippen LogP contribution in [-0.2, 0) is 10.3 Å². The number of aromatic nitrogens is 1. The van der Waals surface area contributed by atoms with Gasteiger partial charge in [-0.3, -0.25) is 4.79 Å². The molecule has 0 aliphatic heterocycles. The molecule has 23 heavy (non-hydrogen) atoms. The first-order valence-electron chi connectivity index (χ1n) is 7.70. The number of allylic oxidation sites excluding steroid dienone is 3. The Labute approximate surface area is 134 Å². The first-order chi connectivity index (χ1) is 11.1. The van der Waals surface area contributed by atoms with Crippen molar-refractivity contribution in [1.82, 2.24) is 4.57 Å². The highest BCUT2D eigenvalue weighted by Crippen LogP contribution is 2.40. The van der Waals surface area contributed by atoms with Gasteiger partial charge in [-0.25, -0.2) is 0 Å². The number of carboxylic acids is 1. The minimum Gasteiger partial charge on any atom is -0.481 e. The zero-order chi connectivity index (χ0) is 16.0. The molecule has 0 amide bonds. The Bertz CT molecular complexity index is 926. The number of carboxylic acid groups (broad SMARTS) is 1. The fourth-order valence-corrected chi connectivity index (χ4v) is 3.71. The summed E-state index contributed by atoms with van der Waals surface area (Å²) < 4.78 is 2.16. The van der Waals surface area contributed by atoms with Crippen molar-refractivity contribution in [2.75, 3.05) is 0 Å². The lowest BCUT2D eigenvalue weighted by Gasteiger charge is -2.36. The van der Waals surface area contributed by atoms with E-state index in [-0.39, 0.29) is 0 Å². The Balaban J connectivity index is 2.13. The number of hydrogen-bond acceptors (Lipinski definition) is 1. The van der Waals surface area contributed by atoms with Gasteiger partial charge in [-0.15, -0.1) is 0 Å². The van der Waals surface area contributed by atoms with Crippen LogP contribution in [0.15, 0.2) is 72.8 Å². The van der Waals surface area contributed by atoms with Crippen molar-refractivity contribution in [2.45, 2.75) is 12.5 Å². The number of rotatable bonds is 2. The molecule has 2 unspecified atom stereocenters. The molecule has 0 spiro atoms. The Morgan fingerprint density at radius 1 is 1.00 bits per heavy atom. The highest BCUT2D eigenvalue weighted by molar-refractivity contribution is 6.08. The Morgan fingerprint density at radius 3 is 2.13 bits per heavy atom. The van der Waals surface area contributed by atoms with Crippen LogP contribution in [0.4, 0.5) is 0 Å². The van der Waals surface area contributed by atoms with Crippen LogP contribution < -0.4 is 0 Å². The zero-order valence-electron chi connectivity index (χ0n) is 12.8. The van der Waals surface area contributed by atoms with E-state index in [9.17, 15) is 9.90 Å². The third kappa shape index (κ3) is 1.86. The maximum Gasteiger partial charge on any atom is 0.313 e. The number of nitrogens with zero attached hydrogens (tertiary/aromatic N) is 1. The molecule has 3 aromatic rings. The van der Waals surface area contributed by atoms with E-state index in [1.54, 1.807) is 6.08 Å². The average molecular weight is 303 g/mol. The fourth-order valence-electron chi connectivity index (χ4n) is 3.71. The van der Waals surface area contributed by atoms with Crippen molar-refractivity contribution in [2.24, 2.45) is 5.92 Å². The molecule has 0 radical (unpaired) electrons. The van der Waals surface area contributed by atoms with Crippen molar-refractivity contribution in [1.29, 1.82) is 0 Å². The van der Waals surface area contributed by atoms with Gasteiger partial charge in [0.15, 0.2) is 0 Å². The summed E-state index contributed by atoms with van der Waals surface area (Å²) in [5.41, 5.74) is 1.47. The number of aliphatic carboxylic acids is 1. The first kappa shape index (κ1) is 13.8. The first-order valence-corrected chi connectivity index (χ1v) is 7.70. The van der Waals surface area contributed by atoms with Crippen LogP contribution in [-0.4, -0.2) is 15.6 Å². The SMILES string of the molecule is CC1(n2c3ccccc3c3ccccc32)C=CC=CC1C(=O)O. The predicted octanol–water partition coefficient (Wildman–Crippen LogP) is 4.34. The molecular formula is C20H17NO2. The molecule has 1 N–H and O–H groups in total. The number of benzene rings is 2. The van der Waals surface area contributed by atoms with Crippen LogP contribution in [0.3, 0.4) is 0 Å². The molecule has 3 nitrogen and oxygen atoms in total. The monoisotopic (exact) mass is 303 g/mol. The summed E-state index contributed by atoms with van der Waals surface area (Å²) in [6.07, 6.45) is 7.51. The van der Waals surface area contributed by atoms with E-state index in [1.807, 2.05) is 49.4 Å². The van der Waals surface area contributed by atoms with Gasteiger partial charge in [-0.05, 0) is 19.1 Å². The number of fused-ring (bicyclic) bond motifs is 3. The molecular weight excluding hydrogens is 286 g/mol. The van der Waals surface area contributed by atoms with E-state index < -0.39 is 17.4 Å². The molecule has 114 valence electrons. The molecule has 4 rings (SSSR count). The van der Waals surface area contributed by atoms with Gasteiger partial charge in [-0.2, -0.15) is 0 Å². The summed E-state index contributed by atoms with van der Waals surface area (Å²) in [6, 6.07) is 16.3. The molecule has 1 aliphatic carbocycles. The lowest BCUT2D eigenvalue weighted by atomic mass is 9.81. The van der Waals surface area contributed by atoms with Gasteiger partial charge in [0.25, 0.3) is 0 Å². The van der Waals surface area contributed by atoms with Gasteiger partial charge in [0.2, 0.25) is 0 Å². The molecule has 0 bridgehead atoms. The third-order valence-corrected chi connectivity index (χ3v) is 4.81. The number of carbonyl (C=O) groups is 1. The number of para-hydroxylation sites is 2. The molecule has 0 fully saturated rings. The van der Waals surface area contributed by atoms with Gasteiger partial charge < -0.3 is 9.67 Å². The van der Waals surface area contributed by atoms with E-state index in [2.05, 4.69) is 28.8 Å². The summed E-state index contributed by atoms with van der Waals surface area (Å²) in [5, 5.41) is 12.0. The highest BCUT2D eigenvalue weighted by Gasteiger charge is 2.40. The van der Waals surface area contributed by atoms with Gasteiger partial charge in [0.05, 0.1) is 5.54 Å². The standard InChI is InChI=1S/C20H17NO2/c1-20(13-7-6-10-16(20)19(22)23)21-17-11-4-2-8-14(17)15-9-3-5-12-18(15)21/h2-13,16H,1H3,(H,22,23). The second-order valence-electron chi connectivity index (χ2n) is 6.16. The average Bonchev–Trinajstić information content (AvgIpc) is 2.90. The van der Waals surface area contributed by atoms with E-state index in [0.29, 0.717) is 0 Å².